The van der Waals surface area contributed by atoms with Gasteiger partial charge in [0.25, 0.3) is 11.5 Å². The van der Waals surface area contributed by atoms with E-state index in [1.165, 1.54) is 28.5 Å². The molecule has 6 heteroatoms. The summed E-state index contributed by atoms with van der Waals surface area (Å²) in [6.45, 7) is 1.17. The van der Waals surface area contributed by atoms with Crippen molar-refractivity contribution in [2.24, 2.45) is 5.92 Å². The number of carbonyl (C=O) groups excluding carboxylic acids is 1. The highest BCUT2D eigenvalue weighted by atomic mass is 32.2. The monoisotopic (exact) mass is 415 g/mol. The molecule has 2 heterocycles. The van der Waals surface area contributed by atoms with E-state index in [1.54, 1.807) is 16.3 Å². The first-order valence-corrected chi connectivity index (χ1v) is 11.4. The largest absolute Gasteiger partial charge is 0.352 e. The second-order valence-electron chi connectivity index (χ2n) is 8.25. The van der Waals surface area contributed by atoms with Crippen LogP contribution >= 0.6 is 11.8 Å². The van der Waals surface area contributed by atoms with Crippen molar-refractivity contribution in [2.45, 2.75) is 30.0 Å². The third kappa shape index (κ3) is 2.59. The predicted molar refractivity (Wildman–Crippen MR) is 116 cm³/mol. The lowest BCUT2D eigenvalue weighted by Gasteiger charge is -2.45. The Labute approximate surface area is 178 Å². The Balaban J connectivity index is 1.28. The van der Waals surface area contributed by atoms with Crippen molar-refractivity contribution in [1.29, 1.82) is 0 Å². The summed E-state index contributed by atoms with van der Waals surface area (Å²) in [5.41, 5.74) is 5.50. The number of thioether (sulfide) groups is 1. The summed E-state index contributed by atoms with van der Waals surface area (Å²) in [5, 5.41) is 3.75. The molecule has 3 aromatic rings. The minimum Gasteiger partial charge on any atom is -0.352 e. The topological polar surface area (TPSA) is 64.0 Å². The third-order valence-corrected chi connectivity index (χ3v) is 7.72. The molecule has 1 unspecified atom stereocenters. The van der Waals surface area contributed by atoms with Crippen LogP contribution in [0, 0.1) is 5.92 Å². The molecule has 3 aliphatic carbocycles. The summed E-state index contributed by atoms with van der Waals surface area (Å²) < 4.78 is 1.61. The number of nitrogens with one attached hydrogen (secondary N) is 1. The van der Waals surface area contributed by atoms with E-state index in [4.69, 9.17) is 0 Å². The average molecular weight is 416 g/mol. The summed E-state index contributed by atoms with van der Waals surface area (Å²) in [6.07, 6.45) is 2.44. The Morgan fingerprint density at radius 3 is 2.43 bits per heavy atom. The lowest BCUT2D eigenvalue weighted by atomic mass is 9.59. The van der Waals surface area contributed by atoms with Gasteiger partial charge < -0.3 is 5.32 Å². The second-order valence-corrected chi connectivity index (χ2v) is 9.32. The van der Waals surface area contributed by atoms with Crippen LogP contribution in [0.3, 0.4) is 0 Å². The van der Waals surface area contributed by atoms with Gasteiger partial charge in [-0.1, -0.05) is 60.3 Å². The standard InChI is InChI=1S/C24H21N3O2S/c28-22(20-13-26-24-27(23(20)29)9-10-30-24)25-12-14-11-19-15-5-1-3-7-17(15)21(14)18-8-4-2-6-16(18)19/h1-8,13-14,19,21H,9-12H2,(H,25,28). The highest BCUT2D eigenvalue weighted by Gasteiger charge is 2.43. The molecule has 150 valence electrons. The number of hydrogen-bond acceptors (Lipinski definition) is 4. The number of aromatic nitrogens is 2. The minimum absolute atomic E-state index is 0.142. The average Bonchev–Trinajstić information content (AvgIpc) is 3.28. The molecule has 1 atom stereocenters. The highest BCUT2D eigenvalue weighted by molar-refractivity contribution is 7.99. The maximum atomic E-state index is 12.8. The van der Waals surface area contributed by atoms with Crippen molar-refractivity contribution in [3.63, 3.8) is 0 Å². The van der Waals surface area contributed by atoms with Crippen LogP contribution in [0.2, 0.25) is 0 Å². The van der Waals surface area contributed by atoms with Gasteiger partial charge in [-0.2, -0.15) is 0 Å². The van der Waals surface area contributed by atoms with Crippen LogP contribution in [-0.4, -0.2) is 27.8 Å². The van der Waals surface area contributed by atoms with Crippen molar-refractivity contribution in [2.75, 3.05) is 12.3 Å². The van der Waals surface area contributed by atoms with E-state index in [2.05, 4.69) is 58.8 Å². The van der Waals surface area contributed by atoms with Gasteiger partial charge in [0, 0.05) is 36.9 Å². The normalized spacial score (nSPS) is 22.9. The van der Waals surface area contributed by atoms with Gasteiger partial charge in [0.1, 0.15) is 5.56 Å². The van der Waals surface area contributed by atoms with Crippen molar-refractivity contribution in [3.8, 4) is 0 Å². The summed E-state index contributed by atoms with van der Waals surface area (Å²) in [4.78, 5) is 29.8. The first kappa shape index (κ1) is 18.0. The van der Waals surface area contributed by atoms with Gasteiger partial charge in [-0.3, -0.25) is 14.2 Å². The van der Waals surface area contributed by atoms with Crippen molar-refractivity contribution < 1.29 is 4.79 Å². The van der Waals surface area contributed by atoms with Gasteiger partial charge in [-0.05, 0) is 34.6 Å². The lowest BCUT2D eigenvalue weighted by Crippen LogP contribution is -2.41. The number of fused-ring (bicyclic) bond motifs is 2. The Hall–Kier alpha value is -2.86. The van der Waals surface area contributed by atoms with E-state index in [0.717, 1.165) is 12.2 Å². The van der Waals surface area contributed by atoms with Crippen LogP contribution in [0.15, 0.2) is 64.7 Å². The zero-order valence-corrected chi connectivity index (χ0v) is 17.2. The minimum atomic E-state index is -0.317. The number of carbonyl (C=O) groups is 1. The maximum absolute atomic E-state index is 12.8. The van der Waals surface area contributed by atoms with Gasteiger partial charge >= 0.3 is 0 Å². The van der Waals surface area contributed by atoms with E-state index < -0.39 is 0 Å². The third-order valence-electron chi connectivity index (χ3n) is 6.75. The smallest absolute Gasteiger partial charge is 0.267 e. The second kappa shape index (κ2) is 6.84. The molecule has 0 fully saturated rings. The van der Waals surface area contributed by atoms with Crippen molar-refractivity contribution in [1.82, 2.24) is 14.9 Å². The molecule has 7 rings (SSSR count). The SMILES string of the molecule is O=C(NCC1CC2c3ccccc3C1c1ccccc12)c1cnc2n(c1=O)CCS2. The summed E-state index contributed by atoms with van der Waals surface area (Å²) >= 11 is 1.55. The Morgan fingerprint density at radius 1 is 1.07 bits per heavy atom. The molecule has 5 nitrogen and oxygen atoms in total. The quantitative estimate of drug-likeness (QED) is 0.666. The van der Waals surface area contributed by atoms with Gasteiger partial charge in [-0.25, -0.2) is 4.98 Å². The molecule has 2 aromatic carbocycles. The molecule has 0 spiro atoms. The Morgan fingerprint density at radius 2 is 1.73 bits per heavy atom. The molecule has 30 heavy (non-hydrogen) atoms. The maximum Gasteiger partial charge on any atom is 0.267 e. The van der Waals surface area contributed by atoms with E-state index in [9.17, 15) is 9.59 Å². The number of amides is 1. The summed E-state index contributed by atoms with van der Waals surface area (Å²) in [7, 11) is 0. The molecular weight excluding hydrogens is 394 g/mol. The Bertz CT molecular complexity index is 1190. The van der Waals surface area contributed by atoms with Gasteiger partial charge in [-0.15, -0.1) is 0 Å². The number of benzene rings is 2. The number of nitrogens with zero attached hydrogens (tertiary/aromatic N) is 2. The van der Waals surface area contributed by atoms with Crippen LogP contribution < -0.4 is 10.9 Å². The van der Waals surface area contributed by atoms with E-state index in [1.807, 2.05) is 0 Å². The first-order chi connectivity index (χ1) is 14.7. The van der Waals surface area contributed by atoms with Gasteiger partial charge in [0.05, 0.1) is 0 Å². The fourth-order valence-electron chi connectivity index (χ4n) is 5.45. The molecular formula is C24H21N3O2S. The van der Waals surface area contributed by atoms with Crippen LogP contribution in [0.5, 0.6) is 0 Å². The van der Waals surface area contributed by atoms with Crippen molar-refractivity contribution >= 4 is 17.7 Å². The predicted octanol–water partition coefficient (Wildman–Crippen LogP) is 3.38. The number of rotatable bonds is 3. The summed E-state index contributed by atoms with van der Waals surface area (Å²) in [5.74, 6) is 1.47. The molecule has 4 aliphatic rings. The fourth-order valence-corrected chi connectivity index (χ4v) is 6.37. The van der Waals surface area contributed by atoms with Crippen molar-refractivity contribution in [3.05, 3.63) is 92.9 Å². The molecule has 2 bridgehead atoms. The van der Waals surface area contributed by atoms with Crippen LogP contribution in [0.25, 0.3) is 0 Å². The zero-order valence-electron chi connectivity index (χ0n) is 16.4. The number of hydrogen-bond donors (Lipinski definition) is 1. The van der Waals surface area contributed by atoms with Gasteiger partial charge in [0.15, 0.2) is 5.16 Å². The molecule has 0 saturated heterocycles. The molecule has 1 aromatic heterocycles. The molecule has 1 N–H and O–H groups in total. The first-order valence-electron chi connectivity index (χ1n) is 10.4. The molecule has 0 radical (unpaired) electrons. The van der Waals surface area contributed by atoms with E-state index in [-0.39, 0.29) is 22.9 Å². The Kier molecular flexibility index (Phi) is 4.09. The van der Waals surface area contributed by atoms with E-state index >= 15 is 0 Å². The summed E-state index contributed by atoms with van der Waals surface area (Å²) in [6, 6.07) is 17.4. The van der Waals surface area contributed by atoms with E-state index in [0.29, 0.717) is 30.1 Å². The highest BCUT2D eigenvalue weighted by Crippen LogP contribution is 2.55. The van der Waals surface area contributed by atoms with Gasteiger partial charge in [0.2, 0.25) is 0 Å². The fraction of sp³-hybridized carbons (Fsp3) is 0.292. The molecule has 1 aliphatic heterocycles. The lowest BCUT2D eigenvalue weighted by molar-refractivity contribution is 0.0940. The molecule has 1 amide bonds. The van der Waals surface area contributed by atoms with Crippen LogP contribution in [0.1, 0.15) is 50.9 Å². The zero-order chi connectivity index (χ0) is 20.2. The van der Waals surface area contributed by atoms with Crippen LogP contribution in [-0.2, 0) is 6.54 Å². The molecule has 0 saturated carbocycles. The van der Waals surface area contributed by atoms with Crippen LogP contribution in [0.4, 0.5) is 0 Å².